The molecule has 1 fully saturated rings. The number of pyridine rings is 1. The van der Waals surface area contributed by atoms with E-state index >= 15 is 0 Å². The number of fused-ring (bicyclic) bond motifs is 1. The van der Waals surface area contributed by atoms with Crippen LogP contribution in [0.1, 0.15) is 12.0 Å². The number of rotatable bonds is 3. The van der Waals surface area contributed by atoms with Gasteiger partial charge in [0.1, 0.15) is 11.0 Å². The summed E-state index contributed by atoms with van der Waals surface area (Å²) in [6, 6.07) is 3.58. The third kappa shape index (κ3) is 2.52. The van der Waals surface area contributed by atoms with E-state index < -0.39 is 0 Å². The summed E-state index contributed by atoms with van der Waals surface area (Å²) in [5, 5.41) is 11.7. The minimum absolute atomic E-state index is 0.184. The second-order valence-corrected chi connectivity index (χ2v) is 5.31. The van der Waals surface area contributed by atoms with Crippen LogP contribution < -0.4 is 5.73 Å². The number of nitro groups is 1. The predicted octanol–water partition coefficient (Wildman–Crippen LogP) is 1.50. The van der Waals surface area contributed by atoms with Gasteiger partial charge in [-0.15, -0.1) is 0 Å². The van der Waals surface area contributed by atoms with Crippen molar-refractivity contribution in [3.8, 4) is 0 Å². The molecule has 3 heterocycles. The summed E-state index contributed by atoms with van der Waals surface area (Å²) in [4.78, 5) is 18.7. The van der Waals surface area contributed by atoms with E-state index in [-0.39, 0.29) is 17.0 Å². The molecule has 2 aliphatic rings. The molecule has 8 heteroatoms. The molecule has 0 aliphatic carbocycles. The van der Waals surface area contributed by atoms with Gasteiger partial charge < -0.3 is 15.5 Å². The molecule has 1 aromatic heterocycles. The zero-order valence-electron chi connectivity index (χ0n) is 11.2. The average molecular weight is 308 g/mol. The van der Waals surface area contributed by atoms with Crippen molar-refractivity contribution in [2.75, 3.05) is 13.1 Å². The maximum absolute atomic E-state index is 11.2. The summed E-state index contributed by atoms with van der Waals surface area (Å²) in [5.41, 5.74) is 7.06. The van der Waals surface area contributed by atoms with Crippen LogP contribution in [-0.2, 0) is 6.54 Å². The monoisotopic (exact) mass is 307 g/mol. The van der Waals surface area contributed by atoms with Gasteiger partial charge in [-0.1, -0.05) is 17.7 Å². The first-order valence-electron chi connectivity index (χ1n) is 6.52. The SMILES string of the molecule is NC1=CCC([N+](=O)[O-])=C2N(Cc3ccc(Cl)nc3)CCN12. The first-order valence-corrected chi connectivity index (χ1v) is 6.90. The molecule has 2 N–H and O–H groups in total. The molecule has 0 unspecified atom stereocenters. The van der Waals surface area contributed by atoms with E-state index in [2.05, 4.69) is 4.98 Å². The molecule has 7 nitrogen and oxygen atoms in total. The molecule has 0 aromatic carbocycles. The lowest BCUT2D eigenvalue weighted by molar-refractivity contribution is -0.430. The Morgan fingerprint density at radius 3 is 2.90 bits per heavy atom. The molecule has 0 radical (unpaired) electrons. The fourth-order valence-electron chi connectivity index (χ4n) is 2.63. The number of nitrogens with zero attached hydrogens (tertiary/aromatic N) is 4. The van der Waals surface area contributed by atoms with Crippen molar-refractivity contribution in [2.45, 2.75) is 13.0 Å². The summed E-state index contributed by atoms with van der Waals surface area (Å²) in [5.74, 6) is 1.17. The molecule has 0 atom stereocenters. The van der Waals surface area contributed by atoms with Crippen LogP contribution in [0.5, 0.6) is 0 Å². The number of nitrogens with two attached hydrogens (primary N) is 1. The van der Waals surface area contributed by atoms with Crippen LogP contribution >= 0.6 is 11.6 Å². The van der Waals surface area contributed by atoms with E-state index in [9.17, 15) is 10.1 Å². The molecule has 0 bridgehead atoms. The molecule has 1 saturated heterocycles. The van der Waals surface area contributed by atoms with Gasteiger partial charge in [0, 0.05) is 25.8 Å². The Morgan fingerprint density at radius 1 is 1.43 bits per heavy atom. The fourth-order valence-corrected chi connectivity index (χ4v) is 2.74. The largest absolute Gasteiger partial charge is 0.385 e. The highest BCUT2D eigenvalue weighted by Crippen LogP contribution is 2.31. The van der Waals surface area contributed by atoms with Crippen molar-refractivity contribution < 1.29 is 4.92 Å². The minimum atomic E-state index is -0.330. The van der Waals surface area contributed by atoms with Crippen LogP contribution in [0.25, 0.3) is 0 Å². The highest BCUT2D eigenvalue weighted by molar-refractivity contribution is 6.29. The number of hydrogen-bond acceptors (Lipinski definition) is 6. The third-order valence-electron chi connectivity index (χ3n) is 3.61. The highest BCUT2D eigenvalue weighted by atomic mass is 35.5. The molecule has 1 aromatic rings. The Bertz CT molecular complexity index is 640. The Labute approximate surface area is 126 Å². The lowest BCUT2D eigenvalue weighted by Gasteiger charge is -2.27. The second kappa shape index (κ2) is 5.25. The molecule has 2 aliphatic heterocycles. The van der Waals surface area contributed by atoms with Crippen LogP contribution in [0.2, 0.25) is 5.15 Å². The zero-order chi connectivity index (χ0) is 15.0. The lowest BCUT2D eigenvalue weighted by Crippen LogP contribution is -2.32. The molecule has 3 rings (SSSR count). The first kappa shape index (κ1) is 13.7. The van der Waals surface area contributed by atoms with Crippen molar-refractivity contribution in [1.29, 1.82) is 0 Å². The molecule has 0 amide bonds. The van der Waals surface area contributed by atoms with Gasteiger partial charge in [-0.25, -0.2) is 4.98 Å². The van der Waals surface area contributed by atoms with Gasteiger partial charge >= 0.3 is 0 Å². The van der Waals surface area contributed by atoms with E-state index in [1.807, 2.05) is 11.0 Å². The van der Waals surface area contributed by atoms with E-state index in [1.54, 1.807) is 23.2 Å². The van der Waals surface area contributed by atoms with Gasteiger partial charge in [0.2, 0.25) is 0 Å². The zero-order valence-corrected chi connectivity index (χ0v) is 12.0. The summed E-state index contributed by atoms with van der Waals surface area (Å²) in [6.45, 7) is 1.88. The van der Waals surface area contributed by atoms with Crippen LogP contribution in [0, 0.1) is 10.1 Å². The van der Waals surface area contributed by atoms with Crippen LogP contribution in [0.4, 0.5) is 0 Å². The van der Waals surface area contributed by atoms with Gasteiger partial charge in [0.15, 0.2) is 5.82 Å². The number of halogens is 1. The Kier molecular flexibility index (Phi) is 3.42. The van der Waals surface area contributed by atoms with E-state index in [0.717, 1.165) is 5.56 Å². The van der Waals surface area contributed by atoms with Gasteiger partial charge in [0.05, 0.1) is 11.3 Å². The molecular formula is C13H14ClN5O2. The van der Waals surface area contributed by atoms with Gasteiger partial charge in [-0.2, -0.15) is 0 Å². The van der Waals surface area contributed by atoms with Crippen molar-refractivity contribution >= 4 is 11.6 Å². The van der Waals surface area contributed by atoms with Gasteiger partial charge in [-0.3, -0.25) is 10.1 Å². The molecule has 0 saturated carbocycles. The molecule has 110 valence electrons. The average Bonchev–Trinajstić information content (AvgIpc) is 2.86. The van der Waals surface area contributed by atoms with Crippen molar-refractivity contribution in [1.82, 2.24) is 14.8 Å². The predicted molar refractivity (Wildman–Crippen MR) is 77.3 cm³/mol. The third-order valence-corrected chi connectivity index (χ3v) is 3.83. The normalized spacial score (nSPS) is 17.9. The Balaban J connectivity index is 1.89. The smallest absolute Gasteiger partial charge is 0.290 e. The van der Waals surface area contributed by atoms with Crippen LogP contribution in [0.15, 0.2) is 41.7 Å². The summed E-state index contributed by atoms with van der Waals surface area (Å²) < 4.78 is 0. The maximum atomic E-state index is 11.2. The van der Waals surface area contributed by atoms with Crippen molar-refractivity contribution in [3.05, 3.63) is 62.6 Å². The fraction of sp³-hybridized carbons (Fsp3) is 0.308. The molecule has 21 heavy (non-hydrogen) atoms. The highest BCUT2D eigenvalue weighted by Gasteiger charge is 2.37. The van der Waals surface area contributed by atoms with E-state index in [0.29, 0.717) is 36.4 Å². The maximum Gasteiger partial charge on any atom is 0.290 e. The number of allylic oxidation sites excluding steroid dienone is 1. The second-order valence-electron chi connectivity index (χ2n) is 4.92. The summed E-state index contributed by atoms with van der Waals surface area (Å²) in [6.07, 6.45) is 3.62. The van der Waals surface area contributed by atoms with Crippen molar-refractivity contribution in [3.63, 3.8) is 0 Å². The van der Waals surface area contributed by atoms with E-state index in [1.165, 1.54) is 0 Å². The van der Waals surface area contributed by atoms with Gasteiger partial charge in [-0.05, 0) is 17.7 Å². The van der Waals surface area contributed by atoms with Crippen LogP contribution in [0.3, 0.4) is 0 Å². The molecule has 0 spiro atoms. The van der Waals surface area contributed by atoms with E-state index in [4.69, 9.17) is 17.3 Å². The standard InChI is InChI=1S/C13H14ClN5O2/c14-11-3-1-9(7-16-11)8-17-5-6-18-12(15)4-2-10(13(17)18)19(20)21/h1,3-4,7H,2,5-6,8,15H2. The number of aromatic nitrogens is 1. The molecular weight excluding hydrogens is 294 g/mol. The quantitative estimate of drug-likeness (QED) is 0.517. The summed E-state index contributed by atoms with van der Waals surface area (Å²) in [7, 11) is 0. The number of hydrogen-bond donors (Lipinski definition) is 1. The Hall–Kier alpha value is -2.28. The van der Waals surface area contributed by atoms with Gasteiger partial charge in [0.25, 0.3) is 5.70 Å². The Morgan fingerprint density at radius 2 is 2.24 bits per heavy atom. The topological polar surface area (TPSA) is 88.5 Å². The lowest BCUT2D eigenvalue weighted by atomic mass is 10.2. The first-order chi connectivity index (χ1) is 10.1. The summed E-state index contributed by atoms with van der Waals surface area (Å²) >= 11 is 5.77. The van der Waals surface area contributed by atoms with Crippen LogP contribution in [-0.4, -0.2) is 32.8 Å². The minimum Gasteiger partial charge on any atom is -0.385 e. The van der Waals surface area contributed by atoms with Crippen molar-refractivity contribution in [2.24, 2.45) is 5.73 Å².